The summed E-state index contributed by atoms with van der Waals surface area (Å²) in [6, 6.07) is 1.77. The molecule has 0 unspecified atom stereocenters. The first-order valence-electron chi connectivity index (χ1n) is 2.84. The van der Waals surface area contributed by atoms with Crippen LogP contribution in [0, 0.1) is 11.3 Å². The maximum Gasteiger partial charge on any atom is 0.212 e. The van der Waals surface area contributed by atoms with Crippen molar-refractivity contribution in [2.75, 3.05) is 19.3 Å². The number of nitrogens with zero attached hydrogens (tertiary/aromatic N) is 2. The van der Waals surface area contributed by atoms with Gasteiger partial charge in [0.15, 0.2) is 0 Å². The summed E-state index contributed by atoms with van der Waals surface area (Å²) in [7, 11) is -3.17. The first kappa shape index (κ1) is 9.40. The van der Waals surface area contributed by atoms with Gasteiger partial charge in [-0.2, -0.15) is 9.57 Å². The summed E-state index contributed by atoms with van der Waals surface area (Å²) in [6.45, 7) is 1.99. The van der Waals surface area contributed by atoms with Crippen LogP contribution in [0.5, 0.6) is 0 Å². The van der Waals surface area contributed by atoms with Crippen molar-refractivity contribution >= 4 is 10.0 Å². The van der Waals surface area contributed by atoms with Crippen LogP contribution >= 0.6 is 0 Å². The highest BCUT2D eigenvalue weighted by molar-refractivity contribution is 7.88. The van der Waals surface area contributed by atoms with E-state index in [0.717, 1.165) is 10.6 Å². The molecule has 0 amide bonds. The van der Waals surface area contributed by atoms with Crippen LogP contribution in [0.25, 0.3) is 0 Å². The Hall–Kier alpha value is -0.600. The van der Waals surface area contributed by atoms with E-state index in [-0.39, 0.29) is 6.54 Å². The highest BCUT2D eigenvalue weighted by atomic mass is 32.2. The number of sulfonamides is 1. The minimum absolute atomic E-state index is 0.0602. The van der Waals surface area contributed by atoms with E-state index >= 15 is 0 Å². The minimum Gasteiger partial charge on any atom is -0.212 e. The van der Waals surface area contributed by atoms with Gasteiger partial charge in [0.25, 0.3) is 0 Å². The van der Waals surface area contributed by atoms with E-state index in [4.69, 9.17) is 5.26 Å². The van der Waals surface area contributed by atoms with Crippen LogP contribution < -0.4 is 0 Å². The molecule has 10 heavy (non-hydrogen) atoms. The number of hydrogen-bond acceptors (Lipinski definition) is 3. The molecular formula is C5H10N2O2S. The predicted octanol–water partition coefficient (Wildman–Crippen LogP) is -0.209. The average Bonchev–Trinajstić information content (AvgIpc) is 1.80. The topological polar surface area (TPSA) is 61.2 Å². The SMILES string of the molecule is CCN(CC#N)S(C)(=O)=O. The molecule has 0 aromatic rings. The molecule has 0 aromatic heterocycles. The molecule has 4 nitrogen and oxygen atoms in total. The molecule has 0 saturated heterocycles. The van der Waals surface area contributed by atoms with Gasteiger partial charge < -0.3 is 0 Å². The predicted molar refractivity (Wildman–Crippen MR) is 37.7 cm³/mol. The molecule has 5 heteroatoms. The third-order valence-corrected chi connectivity index (χ3v) is 2.39. The van der Waals surface area contributed by atoms with Gasteiger partial charge in [0, 0.05) is 6.54 Å². The van der Waals surface area contributed by atoms with Gasteiger partial charge in [0.2, 0.25) is 10.0 Å². The standard InChI is InChI=1S/C5H10N2O2S/c1-3-7(5-4-6)10(2,8)9/h3,5H2,1-2H3. The second kappa shape index (κ2) is 3.54. The van der Waals surface area contributed by atoms with Gasteiger partial charge in [-0.25, -0.2) is 8.42 Å². The van der Waals surface area contributed by atoms with Crippen LogP contribution in [0.2, 0.25) is 0 Å². The van der Waals surface area contributed by atoms with Crippen molar-refractivity contribution in [1.29, 1.82) is 5.26 Å². The summed E-state index contributed by atoms with van der Waals surface area (Å²) < 4.78 is 22.6. The summed E-state index contributed by atoms with van der Waals surface area (Å²) in [5.74, 6) is 0. The summed E-state index contributed by atoms with van der Waals surface area (Å²) in [5.41, 5.74) is 0. The number of rotatable bonds is 3. The molecule has 0 aliphatic heterocycles. The van der Waals surface area contributed by atoms with Gasteiger partial charge in [-0.1, -0.05) is 6.92 Å². The molecule has 0 aromatic carbocycles. The van der Waals surface area contributed by atoms with E-state index in [9.17, 15) is 8.42 Å². The molecule has 0 N–H and O–H groups in total. The Morgan fingerprint density at radius 3 is 2.20 bits per heavy atom. The molecule has 0 aliphatic carbocycles. The Morgan fingerprint density at radius 1 is 1.60 bits per heavy atom. The van der Waals surface area contributed by atoms with E-state index < -0.39 is 10.0 Å². The van der Waals surface area contributed by atoms with Crippen LogP contribution in [-0.2, 0) is 10.0 Å². The van der Waals surface area contributed by atoms with Crippen molar-refractivity contribution in [3.05, 3.63) is 0 Å². The van der Waals surface area contributed by atoms with Gasteiger partial charge in [0.05, 0.1) is 12.3 Å². The lowest BCUT2D eigenvalue weighted by atomic mass is 10.6. The first-order valence-corrected chi connectivity index (χ1v) is 4.69. The van der Waals surface area contributed by atoms with Crippen molar-refractivity contribution in [2.24, 2.45) is 0 Å². The largest absolute Gasteiger partial charge is 0.212 e. The van der Waals surface area contributed by atoms with Crippen LogP contribution in [0.3, 0.4) is 0 Å². The van der Waals surface area contributed by atoms with Crippen LogP contribution in [0.15, 0.2) is 0 Å². The Balaban J connectivity index is 4.26. The zero-order chi connectivity index (χ0) is 8.20. The van der Waals surface area contributed by atoms with Crippen molar-refractivity contribution in [2.45, 2.75) is 6.92 Å². The van der Waals surface area contributed by atoms with E-state index in [1.807, 2.05) is 0 Å². The van der Waals surface area contributed by atoms with Crippen LogP contribution in [0.1, 0.15) is 6.92 Å². The molecule has 0 rings (SSSR count). The van der Waals surface area contributed by atoms with Gasteiger partial charge in [-0.3, -0.25) is 0 Å². The lowest BCUT2D eigenvalue weighted by Crippen LogP contribution is -2.29. The minimum atomic E-state index is -3.17. The van der Waals surface area contributed by atoms with E-state index in [2.05, 4.69) is 0 Å². The summed E-state index contributed by atoms with van der Waals surface area (Å²) in [5, 5.41) is 8.18. The quantitative estimate of drug-likeness (QED) is 0.539. The molecule has 0 bridgehead atoms. The maximum atomic E-state index is 10.7. The number of nitriles is 1. The fraction of sp³-hybridized carbons (Fsp3) is 0.800. The van der Waals surface area contributed by atoms with E-state index in [0.29, 0.717) is 6.54 Å². The summed E-state index contributed by atoms with van der Waals surface area (Å²) in [6.07, 6.45) is 1.09. The maximum absolute atomic E-state index is 10.7. The molecular weight excluding hydrogens is 152 g/mol. The second-order valence-electron chi connectivity index (χ2n) is 1.85. The first-order chi connectivity index (χ1) is 4.52. The second-order valence-corrected chi connectivity index (χ2v) is 3.83. The molecule has 0 radical (unpaired) electrons. The lowest BCUT2D eigenvalue weighted by Gasteiger charge is -2.12. The number of hydrogen-bond donors (Lipinski definition) is 0. The third kappa shape index (κ3) is 2.80. The fourth-order valence-corrected chi connectivity index (χ4v) is 1.30. The van der Waals surface area contributed by atoms with E-state index in [1.165, 1.54) is 0 Å². The smallest absolute Gasteiger partial charge is 0.212 e. The molecule has 0 spiro atoms. The Labute approximate surface area is 61.1 Å². The average molecular weight is 162 g/mol. The lowest BCUT2D eigenvalue weighted by molar-refractivity contribution is 0.468. The summed E-state index contributed by atoms with van der Waals surface area (Å²) >= 11 is 0. The molecule has 0 fully saturated rings. The fourth-order valence-electron chi connectivity index (χ4n) is 0.542. The Kier molecular flexibility index (Phi) is 3.33. The van der Waals surface area contributed by atoms with Gasteiger partial charge in [0.1, 0.15) is 6.54 Å². The molecule has 0 heterocycles. The van der Waals surface area contributed by atoms with Crippen molar-refractivity contribution in [3.8, 4) is 6.07 Å². The van der Waals surface area contributed by atoms with Crippen molar-refractivity contribution in [3.63, 3.8) is 0 Å². The van der Waals surface area contributed by atoms with Gasteiger partial charge in [-0.05, 0) is 0 Å². The molecule has 0 atom stereocenters. The zero-order valence-electron chi connectivity index (χ0n) is 6.03. The van der Waals surface area contributed by atoms with Crippen LogP contribution in [-0.4, -0.2) is 32.1 Å². The van der Waals surface area contributed by atoms with Crippen molar-refractivity contribution < 1.29 is 8.42 Å². The van der Waals surface area contributed by atoms with Gasteiger partial charge in [-0.15, -0.1) is 0 Å². The zero-order valence-corrected chi connectivity index (χ0v) is 6.85. The summed E-state index contributed by atoms with van der Waals surface area (Å²) in [4.78, 5) is 0. The van der Waals surface area contributed by atoms with E-state index in [1.54, 1.807) is 13.0 Å². The third-order valence-electron chi connectivity index (χ3n) is 1.07. The normalized spacial score (nSPS) is 11.4. The van der Waals surface area contributed by atoms with Crippen molar-refractivity contribution in [1.82, 2.24) is 4.31 Å². The van der Waals surface area contributed by atoms with Crippen LogP contribution in [0.4, 0.5) is 0 Å². The Bertz CT molecular complexity index is 227. The molecule has 0 aliphatic rings. The highest BCUT2D eigenvalue weighted by Crippen LogP contribution is 1.94. The highest BCUT2D eigenvalue weighted by Gasteiger charge is 2.12. The Morgan fingerprint density at radius 2 is 2.10 bits per heavy atom. The van der Waals surface area contributed by atoms with Gasteiger partial charge >= 0.3 is 0 Å². The molecule has 58 valence electrons. The monoisotopic (exact) mass is 162 g/mol. The molecule has 0 saturated carbocycles.